The number of nitrogens with zero attached hydrogens (tertiary/aromatic N) is 3. The lowest BCUT2D eigenvalue weighted by atomic mass is 10.1. The van der Waals surface area contributed by atoms with E-state index in [1.165, 1.54) is 11.8 Å². The Balaban J connectivity index is 1.57. The van der Waals surface area contributed by atoms with Crippen molar-refractivity contribution in [3.63, 3.8) is 0 Å². The molecule has 0 bridgehead atoms. The van der Waals surface area contributed by atoms with Crippen molar-refractivity contribution in [3.8, 4) is 0 Å². The van der Waals surface area contributed by atoms with E-state index in [1.54, 1.807) is 30.3 Å². The first-order valence-corrected chi connectivity index (χ1v) is 11.3. The SMILES string of the molecule is CCn1c(CNC(=O)c2ccc(C)cc2)nnc1SCC(=O)Nc1ccc(Cl)cc1Cl. The van der Waals surface area contributed by atoms with Crippen molar-refractivity contribution in [1.82, 2.24) is 20.1 Å². The van der Waals surface area contributed by atoms with Crippen molar-refractivity contribution in [2.24, 2.45) is 0 Å². The first kappa shape index (κ1) is 23.1. The third-order valence-electron chi connectivity index (χ3n) is 4.37. The molecule has 1 aromatic heterocycles. The number of amides is 2. The summed E-state index contributed by atoms with van der Waals surface area (Å²) >= 11 is 13.2. The second kappa shape index (κ2) is 10.7. The number of hydrogen-bond donors (Lipinski definition) is 2. The molecule has 0 fully saturated rings. The zero-order chi connectivity index (χ0) is 22.4. The number of anilines is 1. The Morgan fingerprint density at radius 3 is 2.52 bits per heavy atom. The molecule has 0 unspecified atom stereocenters. The van der Waals surface area contributed by atoms with E-state index in [2.05, 4.69) is 20.8 Å². The second-order valence-corrected chi connectivity index (χ2v) is 8.44. The number of aromatic nitrogens is 3. The largest absolute Gasteiger partial charge is 0.345 e. The normalized spacial score (nSPS) is 10.7. The molecular weight excluding hydrogens is 457 g/mol. The van der Waals surface area contributed by atoms with Gasteiger partial charge in [-0.1, -0.05) is 52.7 Å². The van der Waals surface area contributed by atoms with Gasteiger partial charge < -0.3 is 15.2 Å². The van der Waals surface area contributed by atoms with Crippen LogP contribution in [0.1, 0.15) is 28.7 Å². The first-order valence-electron chi connectivity index (χ1n) is 9.52. The number of thioether (sulfide) groups is 1. The Morgan fingerprint density at radius 2 is 1.84 bits per heavy atom. The smallest absolute Gasteiger partial charge is 0.251 e. The summed E-state index contributed by atoms with van der Waals surface area (Å²) in [7, 11) is 0. The standard InChI is InChI=1S/C21H21Cl2N5O2S/c1-3-28-18(11-24-20(30)14-6-4-13(2)5-7-14)26-27-21(28)31-12-19(29)25-17-9-8-15(22)10-16(17)23/h4-10H,3,11-12H2,1-2H3,(H,24,30)(H,25,29). The molecule has 0 spiro atoms. The van der Waals surface area contributed by atoms with E-state index in [1.807, 2.05) is 30.5 Å². The molecular formula is C21H21Cl2N5O2S. The van der Waals surface area contributed by atoms with E-state index < -0.39 is 0 Å². The maximum atomic E-state index is 12.3. The van der Waals surface area contributed by atoms with E-state index in [0.717, 1.165) is 5.56 Å². The molecule has 0 radical (unpaired) electrons. The summed E-state index contributed by atoms with van der Waals surface area (Å²) in [6, 6.07) is 12.2. The maximum Gasteiger partial charge on any atom is 0.251 e. The third kappa shape index (κ3) is 6.22. The van der Waals surface area contributed by atoms with Crippen LogP contribution < -0.4 is 10.6 Å². The van der Waals surface area contributed by atoms with E-state index in [4.69, 9.17) is 23.2 Å². The molecule has 2 N–H and O–H groups in total. The number of aryl methyl sites for hydroxylation is 1. The van der Waals surface area contributed by atoms with Crippen LogP contribution in [0.15, 0.2) is 47.6 Å². The predicted octanol–water partition coefficient (Wildman–Crippen LogP) is 4.57. The second-order valence-electron chi connectivity index (χ2n) is 6.65. The van der Waals surface area contributed by atoms with Crippen molar-refractivity contribution in [1.29, 1.82) is 0 Å². The minimum atomic E-state index is -0.228. The van der Waals surface area contributed by atoms with Crippen LogP contribution in [0.25, 0.3) is 0 Å². The zero-order valence-corrected chi connectivity index (χ0v) is 19.3. The van der Waals surface area contributed by atoms with E-state index in [0.29, 0.717) is 38.8 Å². The first-order chi connectivity index (χ1) is 14.9. The molecule has 3 rings (SSSR count). The summed E-state index contributed by atoms with van der Waals surface area (Å²) in [4.78, 5) is 24.6. The van der Waals surface area contributed by atoms with E-state index in [-0.39, 0.29) is 24.1 Å². The van der Waals surface area contributed by atoms with Crippen LogP contribution in [-0.4, -0.2) is 32.3 Å². The van der Waals surface area contributed by atoms with Crippen molar-refractivity contribution in [3.05, 3.63) is 69.5 Å². The van der Waals surface area contributed by atoms with E-state index >= 15 is 0 Å². The summed E-state index contributed by atoms with van der Waals surface area (Å²) in [5.74, 6) is 0.340. The van der Waals surface area contributed by atoms with Crippen molar-refractivity contribution < 1.29 is 9.59 Å². The molecule has 3 aromatic rings. The van der Waals surface area contributed by atoms with Gasteiger partial charge in [0.25, 0.3) is 5.91 Å². The van der Waals surface area contributed by atoms with Crippen LogP contribution in [-0.2, 0) is 17.9 Å². The van der Waals surface area contributed by atoms with Gasteiger partial charge in [-0.05, 0) is 44.2 Å². The van der Waals surface area contributed by atoms with Gasteiger partial charge in [-0.2, -0.15) is 0 Å². The third-order valence-corrected chi connectivity index (χ3v) is 5.88. The number of hydrogen-bond acceptors (Lipinski definition) is 5. The number of benzene rings is 2. The highest BCUT2D eigenvalue weighted by Gasteiger charge is 2.15. The van der Waals surface area contributed by atoms with Crippen LogP contribution >= 0.6 is 35.0 Å². The minimum Gasteiger partial charge on any atom is -0.345 e. The lowest BCUT2D eigenvalue weighted by molar-refractivity contribution is -0.113. The van der Waals surface area contributed by atoms with Crippen molar-refractivity contribution >= 4 is 52.5 Å². The molecule has 0 saturated carbocycles. The summed E-state index contributed by atoms with van der Waals surface area (Å²) in [5, 5.41) is 15.4. The number of carbonyl (C=O) groups is 2. The fraction of sp³-hybridized carbons (Fsp3) is 0.238. The van der Waals surface area contributed by atoms with Crippen LogP contribution in [0.4, 0.5) is 5.69 Å². The molecule has 0 aliphatic rings. The number of nitrogens with one attached hydrogen (secondary N) is 2. The molecule has 162 valence electrons. The molecule has 0 aliphatic carbocycles. The van der Waals surface area contributed by atoms with Gasteiger partial charge in [0, 0.05) is 17.1 Å². The zero-order valence-electron chi connectivity index (χ0n) is 17.0. The van der Waals surface area contributed by atoms with Gasteiger partial charge in [0.1, 0.15) is 0 Å². The molecule has 2 aromatic carbocycles. The van der Waals surface area contributed by atoms with Gasteiger partial charge in [-0.15, -0.1) is 10.2 Å². The number of carbonyl (C=O) groups excluding carboxylic acids is 2. The van der Waals surface area contributed by atoms with Gasteiger partial charge >= 0.3 is 0 Å². The number of halogens is 2. The van der Waals surface area contributed by atoms with Crippen LogP contribution in [0, 0.1) is 6.92 Å². The molecule has 31 heavy (non-hydrogen) atoms. The van der Waals surface area contributed by atoms with Crippen LogP contribution in [0.3, 0.4) is 0 Å². The van der Waals surface area contributed by atoms with Crippen LogP contribution in [0.2, 0.25) is 10.0 Å². The van der Waals surface area contributed by atoms with Gasteiger partial charge in [0.2, 0.25) is 5.91 Å². The highest BCUT2D eigenvalue weighted by molar-refractivity contribution is 7.99. The Bertz CT molecular complexity index is 1090. The lowest BCUT2D eigenvalue weighted by Crippen LogP contribution is -2.24. The Morgan fingerprint density at radius 1 is 1.10 bits per heavy atom. The summed E-state index contributed by atoms with van der Waals surface area (Å²) in [6.07, 6.45) is 0. The van der Waals surface area contributed by atoms with Gasteiger partial charge in [0.15, 0.2) is 11.0 Å². The van der Waals surface area contributed by atoms with Crippen LogP contribution in [0.5, 0.6) is 0 Å². The molecule has 1 heterocycles. The average molecular weight is 478 g/mol. The molecule has 0 saturated heterocycles. The van der Waals surface area contributed by atoms with Crippen molar-refractivity contribution in [2.75, 3.05) is 11.1 Å². The summed E-state index contributed by atoms with van der Waals surface area (Å²) in [5.41, 5.74) is 2.17. The van der Waals surface area contributed by atoms with Gasteiger partial charge in [0.05, 0.1) is 23.0 Å². The Kier molecular flexibility index (Phi) is 7.95. The highest BCUT2D eigenvalue weighted by atomic mass is 35.5. The average Bonchev–Trinajstić information content (AvgIpc) is 3.15. The summed E-state index contributed by atoms with van der Waals surface area (Å²) < 4.78 is 1.86. The quantitative estimate of drug-likeness (QED) is 0.463. The minimum absolute atomic E-state index is 0.132. The predicted molar refractivity (Wildman–Crippen MR) is 124 cm³/mol. The molecule has 0 aliphatic heterocycles. The fourth-order valence-corrected chi connectivity index (χ4v) is 4.02. The number of rotatable bonds is 8. The molecule has 2 amide bonds. The maximum absolute atomic E-state index is 12.3. The molecule has 10 heteroatoms. The monoisotopic (exact) mass is 477 g/mol. The topological polar surface area (TPSA) is 88.9 Å². The van der Waals surface area contributed by atoms with E-state index in [9.17, 15) is 9.59 Å². The molecule has 7 nitrogen and oxygen atoms in total. The summed E-state index contributed by atoms with van der Waals surface area (Å²) in [6.45, 7) is 4.76. The van der Waals surface area contributed by atoms with Gasteiger partial charge in [-0.3, -0.25) is 9.59 Å². The Labute approximate surface area is 194 Å². The molecule has 0 atom stereocenters. The highest BCUT2D eigenvalue weighted by Crippen LogP contribution is 2.26. The van der Waals surface area contributed by atoms with Crippen molar-refractivity contribution in [2.45, 2.75) is 32.1 Å². The van der Waals surface area contributed by atoms with Gasteiger partial charge in [-0.25, -0.2) is 0 Å². The fourth-order valence-electron chi connectivity index (χ4n) is 2.75. The Hall–Kier alpha value is -2.55. The lowest BCUT2D eigenvalue weighted by Gasteiger charge is -2.09.